The number of hydrogen-bond donors (Lipinski definition) is 0. The predicted molar refractivity (Wildman–Crippen MR) is 86.1 cm³/mol. The molecule has 3 aromatic rings. The van der Waals surface area contributed by atoms with E-state index in [0.717, 1.165) is 33.0 Å². The second-order valence-electron chi connectivity index (χ2n) is 5.19. The van der Waals surface area contributed by atoms with Crippen LogP contribution in [0.4, 0.5) is 0 Å². The third-order valence-corrected chi connectivity index (χ3v) is 4.05. The van der Waals surface area contributed by atoms with Crippen LogP contribution in [0.5, 0.6) is 0 Å². The Balaban J connectivity index is 2.12. The van der Waals surface area contributed by atoms with Crippen molar-refractivity contribution in [1.29, 1.82) is 0 Å². The third-order valence-electron chi connectivity index (χ3n) is 4.05. The molecule has 1 aliphatic carbocycles. The Kier molecular flexibility index (Phi) is 2.79. The fourth-order valence-corrected chi connectivity index (χ4v) is 3.16. The number of benzene rings is 2. The SMILES string of the molecule is COC(=O)C1=C(c2ccncc2)c2cccc3cccc1c23. The van der Waals surface area contributed by atoms with E-state index < -0.39 is 0 Å². The molecule has 0 radical (unpaired) electrons. The van der Waals surface area contributed by atoms with Gasteiger partial charge in [0.1, 0.15) is 0 Å². The zero-order valence-electron chi connectivity index (χ0n) is 12.0. The average molecular weight is 287 g/mol. The first kappa shape index (κ1) is 12.8. The van der Waals surface area contributed by atoms with E-state index in [4.69, 9.17) is 4.74 Å². The second kappa shape index (κ2) is 4.81. The van der Waals surface area contributed by atoms with Crippen LogP contribution in [0.1, 0.15) is 16.7 Å². The summed E-state index contributed by atoms with van der Waals surface area (Å²) in [7, 11) is 1.42. The van der Waals surface area contributed by atoms with Crippen LogP contribution in [0.15, 0.2) is 60.9 Å². The van der Waals surface area contributed by atoms with E-state index in [0.29, 0.717) is 5.57 Å². The molecule has 0 aliphatic heterocycles. The van der Waals surface area contributed by atoms with E-state index in [-0.39, 0.29) is 5.97 Å². The molecule has 1 aliphatic rings. The topological polar surface area (TPSA) is 39.2 Å². The number of methoxy groups -OCH3 is 1. The summed E-state index contributed by atoms with van der Waals surface area (Å²) in [6.07, 6.45) is 3.47. The maximum atomic E-state index is 12.4. The Bertz CT molecular complexity index is 921. The number of ether oxygens (including phenoxy) is 1. The summed E-state index contributed by atoms with van der Waals surface area (Å²) in [5.74, 6) is -0.310. The first-order valence-corrected chi connectivity index (χ1v) is 7.06. The quantitative estimate of drug-likeness (QED) is 0.675. The summed E-state index contributed by atoms with van der Waals surface area (Å²) >= 11 is 0. The van der Waals surface area contributed by atoms with E-state index in [1.54, 1.807) is 12.4 Å². The van der Waals surface area contributed by atoms with Crippen molar-refractivity contribution >= 4 is 27.9 Å². The predicted octanol–water partition coefficient (Wildman–Crippen LogP) is 3.68. The summed E-state index contributed by atoms with van der Waals surface area (Å²) in [6.45, 7) is 0. The highest BCUT2D eigenvalue weighted by atomic mass is 16.5. The van der Waals surface area contributed by atoms with Crippen LogP contribution in [0.3, 0.4) is 0 Å². The monoisotopic (exact) mass is 287 g/mol. The maximum Gasteiger partial charge on any atom is 0.339 e. The van der Waals surface area contributed by atoms with E-state index in [1.165, 1.54) is 7.11 Å². The molecule has 3 heteroatoms. The highest BCUT2D eigenvalue weighted by Gasteiger charge is 2.29. The van der Waals surface area contributed by atoms with Gasteiger partial charge < -0.3 is 4.74 Å². The minimum atomic E-state index is -0.310. The molecule has 3 nitrogen and oxygen atoms in total. The highest BCUT2D eigenvalue weighted by Crippen LogP contribution is 2.45. The molecule has 4 rings (SSSR count). The van der Waals surface area contributed by atoms with Crippen LogP contribution in [-0.2, 0) is 9.53 Å². The summed E-state index contributed by atoms with van der Waals surface area (Å²) in [5.41, 5.74) is 4.52. The van der Waals surface area contributed by atoms with Gasteiger partial charge in [-0.2, -0.15) is 0 Å². The highest BCUT2D eigenvalue weighted by molar-refractivity contribution is 6.34. The molecule has 0 unspecified atom stereocenters. The van der Waals surface area contributed by atoms with Gasteiger partial charge in [-0.05, 0) is 39.6 Å². The summed E-state index contributed by atoms with van der Waals surface area (Å²) in [4.78, 5) is 16.5. The largest absolute Gasteiger partial charge is 0.465 e. The molecular formula is C19H13NO2. The van der Waals surface area contributed by atoms with Gasteiger partial charge in [-0.1, -0.05) is 36.4 Å². The lowest BCUT2D eigenvalue weighted by Gasteiger charge is -2.08. The maximum absolute atomic E-state index is 12.4. The van der Waals surface area contributed by atoms with Gasteiger partial charge in [0.25, 0.3) is 0 Å². The van der Waals surface area contributed by atoms with Crippen molar-refractivity contribution in [1.82, 2.24) is 4.98 Å². The molecule has 0 atom stereocenters. The summed E-state index contributed by atoms with van der Waals surface area (Å²) in [6, 6.07) is 16.0. The third kappa shape index (κ3) is 1.69. The van der Waals surface area contributed by atoms with Gasteiger partial charge in [0, 0.05) is 18.0 Å². The first-order valence-electron chi connectivity index (χ1n) is 7.06. The lowest BCUT2D eigenvalue weighted by Crippen LogP contribution is -2.04. The van der Waals surface area contributed by atoms with Gasteiger partial charge >= 0.3 is 5.97 Å². The normalized spacial score (nSPS) is 12.8. The smallest absolute Gasteiger partial charge is 0.339 e. The van der Waals surface area contributed by atoms with E-state index in [1.807, 2.05) is 30.3 Å². The minimum absolute atomic E-state index is 0.310. The van der Waals surface area contributed by atoms with Crippen LogP contribution >= 0.6 is 0 Å². The van der Waals surface area contributed by atoms with E-state index >= 15 is 0 Å². The number of rotatable bonds is 2. The van der Waals surface area contributed by atoms with Gasteiger partial charge in [0.15, 0.2) is 0 Å². The van der Waals surface area contributed by atoms with E-state index in [2.05, 4.69) is 23.2 Å². The fraction of sp³-hybridized carbons (Fsp3) is 0.0526. The van der Waals surface area contributed by atoms with Crippen molar-refractivity contribution in [3.05, 3.63) is 77.6 Å². The molecule has 0 N–H and O–H groups in total. The molecule has 0 amide bonds. The fourth-order valence-electron chi connectivity index (χ4n) is 3.16. The Morgan fingerprint density at radius 1 is 0.955 bits per heavy atom. The molecule has 22 heavy (non-hydrogen) atoms. The average Bonchev–Trinajstić information content (AvgIpc) is 2.92. The van der Waals surface area contributed by atoms with Crippen molar-refractivity contribution in [2.45, 2.75) is 0 Å². The second-order valence-corrected chi connectivity index (χ2v) is 5.19. The summed E-state index contributed by atoms with van der Waals surface area (Å²) in [5, 5.41) is 2.23. The van der Waals surface area contributed by atoms with Crippen molar-refractivity contribution in [3.63, 3.8) is 0 Å². The van der Waals surface area contributed by atoms with Gasteiger partial charge in [0.05, 0.1) is 12.7 Å². The van der Waals surface area contributed by atoms with Crippen LogP contribution < -0.4 is 0 Å². The van der Waals surface area contributed by atoms with Gasteiger partial charge in [-0.3, -0.25) is 4.98 Å². The van der Waals surface area contributed by atoms with Crippen molar-refractivity contribution in [2.24, 2.45) is 0 Å². The van der Waals surface area contributed by atoms with Crippen LogP contribution in [0, 0.1) is 0 Å². The minimum Gasteiger partial charge on any atom is -0.465 e. The van der Waals surface area contributed by atoms with Crippen LogP contribution in [0.25, 0.3) is 21.9 Å². The molecule has 106 valence electrons. The molecular weight excluding hydrogens is 274 g/mol. The molecule has 1 heterocycles. The zero-order chi connectivity index (χ0) is 15.1. The molecule has 2 aromatic carbocycles. The molecule has 0 bridgehead atoms. The van der Waals surface area contributed by atoms with E-state index in [9.17, 15) is 4.79 Å². The molecule has 0 saturated heterocycles. The van der Waals surface area contributed by atoms with Gasteiger partial charge in [-0.25, -0.2) is 4.79 Å². The van der Waals surface area contributed by atoms with Crippen molar-refractivity contribution in [2.75, 3.05) is 7.11 Å². The van der Waals surface area contributed by atoms with Gasteiger partial charge in [-0.15, -0.1) is 0 Å². The lowest BCUT2D eigenvalue weighted by molar-refractivity contribution is -0.133. The molecule has 0 saturated carbocycles. The Morgan fingerprint density at radius 3 is 2.32 bits per heavy atom. The molecule has 0 fully saturated rings. The van der Waals surface area contributed by atoms with Crippen LogP contribution in [-0.4, -0.2) is 18.1 Å². The number of carbonyl (C=O) groups excluding carboxylic acids is 1. The van der Waals surface area contributed by atoms with Crippen molar-refractivity contribution < 1.29 is 9.53 Å². The summed E-state index contributed by atoms with van der Waals surface area (Å²) < 4.78 is 5.04. The number of aromatic nitrogens is 1. The van der Waals surface area contributed by atoms with Crippen molar-refractivity contribution in [3.8, 4) is 0 Å². The Hall–Kier alpha value is -2.94. The number of pyridine rings is 1. The zero-order valence-corrected chi connectivity index (χ0v) is 12.0. The number of carbonyl (C=O) groups is 1. The standard InChI is InChI=1S/C19H13NO2/c1-22-19(21)18-15-7-3-5-12-4-2-6-14(16(12)15)17(18)13-8-10-20-11-9-13/h2-11H,1H3. The lowest BCUT2D eigenvalue weighted by atomic mass is 9.97. The Morgan fingerprint density at radius 2 is 1.64 bits per heavy atom. The molecule has 0 spiro atoms. The van der Waals surface area contributed by atoms with Gasteiger partial charge in [0.2, 0.25) is 0 Å². The number of esters is 1. The Labute approximate surface area is 127 Å². The van der Waals surface area contributed by atoms with Crippen LogP contribution in [0.2, 0.25) is 0 Å². The molecule has 1 aromatic heterocycles. The first-order chi connectivity index (χ1) is 10.8. The number of hydrogen-bond acceptors (Lipinski definition) is 3. The number of nitrogens with zero attached hydrogens (tertiary/aromatic N) is 1.